The summed E-state index contributed by atoms with van der Waals surface area (Å²) in [6.45, 7) is 7.99. The molecule has 1 aromatic carbocycles. The highest BCUT2D eigenvalue weighted by Crippen LogP contribution is 2.37. The molecule has 1 aliphatic heterocycles. The van der Waals surface area contributed by atoms with Gasteiger partial charge in [-0.15, -0.1) is 0 Å². The van der Waals surface area contributed by atoms with E-state index in [0.29, 0.717) is 24.4 Å². The van der Waals surface area contributed by atoms with E-state index >= 15 is 0 Å². The van der Waals surface area contributed by atoms with E-state index in [1.165, 1.54) is 16.2 Å². The Morgan fingerprint density at radius 1 is 1.13 bits per heavy atom. The van der Waals surface area contributed by atoms with Crippen molar-refractivity contribution in [3.05, 3.63) is 35.4 Å². The summed E-state index contributed by atoms with van der Waals surface area (Å²) in [6, 6.07) is 3.24. The zero-order valence-corrected chi connectivity index (χ0v) is 18.6. The fraction of sp³-hybridized carbons (Fsp3) is 0.478. The van der Waals surface area contributed by atoms with Crippen molar-refractivity contribution in [3.63, 3.8) is 0 Å². The molecule has 1 aromatic heterocycles. The molecule has 0 saturated carbocycles. The monoisotopic (exact) mass is 425 g/mol. The first kappa shape index (κ1) is 20.7. The highest BCUT2D eigenvalue weighted by atomic mass is 32.1. The molecule has 4 rings (SSSR count). The number of aromatic nitrogens is 1. The van der Waals surface area contributed by atoms with Gasteiger partial charge in [0.05, 0.1) is 22.1 Å². The van der Waals surface area contributed by atoms with Gasteiger partial charge in [-0.2, -0.15) is 0 Å². The van der Waals surface area contributed by atoms with E-state index in [2.05, 4.69) is 10.3 Å². The van der Waals surface area contributed by atoms with Crippen LogP contribution in [0.1, 0.15) is 44.2 Å². The van der Waals surface area contributed by atoms with Gasteiger partial charge in [0.25, 0.3) is 0 Å². The van der Waals surface area contributed by atoms with Crippen LogP contribution in [0.25, 0.3) is 10.2 Å². The highest BCUT2D eigenvalue weighted by molar-refractivity contribution is 7.22. The molecule has 1 N–H and O–H groups in total. The number of thiazole rings is 1. The molecule has 3 atom stereocenters. The molecule has 0 spiro atoms. The van der Waals surface area contributed by atoms with Gasteiger partial charge >= 0.3 is 0 Å². The number of fused-ring (bicyclic) bond motifs is 2. The number of benzene rings is 1. The third-order valence-corrected chi connectivity index (χ3v) is 7.13. The van der Waals surface area contributed by atoms with Gasteiger partial charge in [-0.25, -0.2) is 4.98 Å². The minimum Gasteiger partial charge on any atom is -0.300 e. The van der Waals surface area contributed by atoms with Crippen LogP contribution in [-0.2, 0) is 14.4 Å². The van der Waals surface area contributed by atoms with Crippen molar-refractivity contribution in [2.75, 3.05) is 5.32 Å². The number of hydrogen-bond acceptors (Lipinski definition) is 5. The molecule has 6 nitrogen and oxygen atoms in total. The van der Waals surface area contributed by atoms with Gasteiger partial charge in [0, 0.05) is 0 Å². The number of imide groups is 1. The van der Waals surface area contributed by atoms with E-state index in [0.717, 1.165) is 21.3 Å². The molecule has 2 heterocycles. The van der Waals surface area contributed by atoms with Crippen molar-refractivity contribution in [2.24, 2.45) is 17.8 Å². The first-order valence-corrected chi connectivity index (χ1v) is 11.3. The maximum Gasteiger partial charge on any atom is 0.249 e. The summed E-state index contributed by atoms with van der Waals surface area (Å²) < 4.78 is 1.04. The third-order valence-electron chi connectivity index (χ3n) is 6.02. The van der Waals surface area contributed by atoms with Crippen molar-refractivity contribution >= 4 is 44.4 Å². The Morgan fingerprint density at radius 3 is 2.30 bits per heavy atom. The minimum absolute atomic E-state index is 0.155. The normalized spacial score (nSPS) is 22.1. The van der Waals surface area contributed by atoms with Gasteiger partial charge in [0.15, 0.2) is 5.13 Å². The number of allylic oxidation sites excluding steroid dienone is 2. The Kier molecular flexibility index (Phi) is 5.49. The summed E-state index contributed by atoms with van der Waals surface area (Å²) in [4.78, 5) is 45.2. The lowest BCUT2D eigenvalue weighted by Crippen LogP contribution is -2.48. The number of rotatable bonds is 5. The second-order valence-corrected chi connectivity index (χ2v) is 9.73. The lowest BCUT2D eigenvalue weighted by molar-refractivity contribution is -0.147. The Bertz CT molecular complexity index is 990. The Labute approximate surface area is 180 Å². The van der Waals surface area contributed by atoms with Gasteiger partial charge < -0.3 is 5.32 Å². The third kappa shape index (κ3) is 3.55. The Balaban J connectivity index is 1.62. The van der Waals surface area contributed by atoms with Gasteiger partial charge in [-0.1, -0.05) is 49.5 Å². The zero-order valence-electron chi connectivity index (χ0n) is 17.8. The van der Waals surface area contributed by atoms with Crippen molar-refractivity contribution in [2.45, 2.75) is 53.0 Å². The fourth-order valence-electron chi connectivity index (χ4n) is 4.41. The van der Waals surface area contributed by atoms with Gasteiger partial charge in [-0.05, 0) is 50.2 Å². The number of nitrogens with zero attached hydrogens (tertiary/aromatic N) is 2. The number of carbonyl (C=O) groups is 3. The lowest BCUT2D eigenvalue weighted by atomic mass is 9.85. The average molecular weight is 426 g/mol. The number of aryl methyl sites for hydroxylation is 2. The molecule has 0 unspecified atom stereocenters. The van der Waals surface area contributed by atoms with Crippen LogP contribution in [0.5, 0.6) is 0 Å². The summed E-state index contributed by atoms with van der Waals surface area (Å²) in [7, 11) is 0. The van der Waals surface area contributed by atoms with Crippen LogP contribution < -0.4 is 5.32 Å². The van der Waals surface area contributed by atoms with Crippen molar-refractivity contribution in [1.82, 2.24) is 9.88 Å². The Hall–Kier alpha value is -2.54. The molecule has 7 heteroatoms. The minimum atomic E-state index is -0.815. The summed E-state index contributed by atoms with van der Waals surface area (Å²) >= 11 is 1.43. The lowest BCUT2D eigenvalue weighted by Gasteiger charge is -2.26. The smallest absolute Gasteiger partial charge is 0.249 e. The summed E-state index contributed by atoms with van der Waals surface area (Å²) in [5, 5.41) is 3.40. The number of likely N-dealkylation sites (tertiary alicyclic amines) is 1. The van der Waals surface area contributed by atoms with Crippen LogP contribution in [-0.4, -0.2) is 33.6 Å². The van der Waals surface area contributed by atoms with Crippen LogP contribution in [0.15, 0.2) is 24.3 Å². The topological polar surface area (TPSA) is 79.4 Å². The number of anilines is 1. The largest absolute Gasteiger partial charge is 0.300 e. The maximum atomic E-state index is 13.3. The van der Waals surface area contributed by atoms with Gasteiger partial charge in [0.1, 0.15) is 6.04 Å². The molecule has 30 heavy (non-hydrogen) atoms. The number of hydrogen-bond donors (Lipinski definition) is 1. The quantitative estimate of drug-likeness (QED) is 0.575. The second-order valence-electron chi connectivity index (χ2n) is 8.73. The van der Waals surface area contributed by atoms with E-state index in [9.17, 15) is 14.4 Å². The molecule has 0 radical (unpaired) electrons. The van der Waals surface area contributed by atoms with Gasteiger partial charge in [0.2, 0.25) is 17.7 Å². The molecule has 2 aliphatic rings. The predicted molar refractivity (Wildman–Crippen MR) is 118 cm³/mol. The number of carbonyl (C=O) groups excluding carboxylic acids is 3. The summed E-state index contributed by atoms with van der Waals surface area (Å²) in [6.07, 6.45) is 5.48. The van der Waals surface area contributed by atoms with Crippen LogP contribution >= 0.6 is 11.3 Å². The first-order chi connectivity index (χ1) is 14.3. The molecule has 0 bridgehead atoms. The molecule has 1 aliphatic carbocycles. The van der Waals surface area contributed by atoms with E-state index in [1.807, 2.05) is 52.0 Å². The first-order valence-electron chi connectivity index (χ1n) is 10.5. The molecule has 3 amide bonds. The SMILES string of the molecule is Cc1ccc(C)c2sc(NC(=O)[C@@H](CC(C)C)N3C(=O)[C@H]4CC=CC[C@H]4C3=O)nc12. The maximum absolute atomic E-state index is 13.3. The second kappa shape index (κ2) is 7.95. The number of nitrogens with one attached hydrogen (secondary N) is 1. The van der Waals surface area contributed by atoms with E-state index in [1.54, 1.807) is 0 Å². The summed E-state index contributed by atoms with van der Waals surface area (Å²) in [5.74, 6) is -1.29. The molecule has 158 valence electrons. The molecule has 1 saturated heterocycles. The number of amides is 3. The van der Waals surface area contributed by atoms with Crippen molar-refractivity contribution in [3.8, 4) is 0 Å². The highest BCUT2D eigenvalue weighted by Gasteiger charge is 2.51. The van der Waals surface area contributed by atoms with Crippen molar-refractivity contribution < 1.29 is 14.4 Å². The fourth-order valence-corrected chi connectivity index (χ4v) is 5.43. The predicted octanol–water partition coefficient (Wildman–Crippen LogP) is 4.22. The van der Waals surface area contributed by atoms with Crippen LogP contribution in [0.4, 0.5) is 5.13 Å². The van der Waals surface area contributed by atoms with Crippen molar-refractivity contribution in [1.29, 1.82) is 0 Å². The standard InChI is InChI=1S/C23H27N3O3S/c1-12(2)11-17(26-21(28)15-7-5-6-8-16(15)22(26)29)20(27)25-23-24-18-13(3)9-10-14(4)19(18)30-23/h5-6,9-10,12,15-17H,7-8,11H2,1-4H3,(H,24,25,27)/t15-,16+,17-/m1/s1. The zero-order chi connectivity index (χ0) is 21.6. The molecule has 1 fully saturated rings. The molecule has 2 aromatic rings. The van der Waals surface area contributed by atoms with Gasteiger partial charge in [-0.3, -0.25) is 19.3 Å². The molecular formula is C23H27N3O3S. The Morgan fingerprint density at radius 2 is 1.73 bits per heavy atom. The molecular weight excluding hydrogens is 398 g/mol. The summed E-state index contributed by atoms with van der Waals surface area (Å²) in [5.41, 5.74) is 3.03. The van der Waals surface area contributed by atoms with Crippen LogP contribution in [0, 0.1) is 31.6 Å². The van der Waals surface area contributed by atoms with E-state index in [4.69, 9.17) is 0 Å². The average Bonchev–Trinajstić information content (AvgIpc) is 3.24. The van der Waals surface area contributed by atoms with Crippen LogP contribution in [0.3, 0.4) is 0 Å². The van der Waals surface area contributed by atoms with E-state index in [-0.39, 0.29) is 35.5 Å². The van der Waals surface area contributed by atoms with E-state index < -0.39 is 6.04 Å². The van der Waals surface area contributed by atoms with Crippen LogP contribution in [0.2, 0.25) is 0 Å².